The monoisotopic (exact) mass is 337 g/mol. The second-order valence-corrected chi connectivity index (χ2v) is 6.72. The molecule has 2 aliphatic heterocycles. The molecule has 3 rings (SSSR count). The van der Waals surface area contributed by atoms with Crippen LogP contribution in [0.1, 0.15) is 19.3 Å². The summed E-state index contributed by atoms with van der Waals surface area (Å²) < 4.78 is 29.3. The van der Waals surface area contributed by atoms with E-state index in [9.17, 15) is 9.18 Å². The predicted molar refractivity (Wildman–Crippen MR) is 86.4 cm³/mol. The zero-order valence-corrected chi connectivity index (χ0v) is 14.0. The molecule has 5 nitrogen and oxygen atoms in total. The van der Waals surface area contributed by atoms with E-state index in [1.165, 1.54) is 24.3 Å². The van der Waals surface area contributed by atoms with E-state index < -0.39 is 0 Å². The van der Waals surface area contributed by atoms with Gasteiger partial charge in [0.2, 0.25) is 0 Å². The van der Waals surface area contributed by atoms with Crippen molar-refractivity contribution in [2.75, 3.05) is 40.0 Å². The summed E-state index contributed by atoms with van der Waals surface area (Å²) in [5.74, 6) is 0.159. The Bertz CT molecular complexity index is 555. The molecule has 0 bridgehead atoms. The smallest absolute Gasteiger partial charge is 0.260 e. The van der Waals surface area contributed by atoms with Gasteiger partial charge in [-0.15, -0.1) is 0 Å². The van der Waals surface area contributed by atoms with Gasteiger partial charge in [0.1, 0.15) is 11.6 Å². The van der Waals surface area contributed by atoms with Crippen molar-refractivity contribution in [1.29, 1.82) is 0 Å². The molecule has 0 aliphatic carbocycles. The number of nitrogens with zero attached hydrogens (tertiary/aromatic N) is 1. The average molecular weight is 337 g/mol. The van der Waals surface area contributed by atoms with E-state index in [0.717, 1.165) is 39.0 Å². The number of amides is 1. The lowest BCUT2D eigenvalue weighted by Crippen LogP contribution is -2.45. The van der Waals surface area contributed by atoms with E-state index in [2.05, 4.69) is 0 Å². The number of halogens is 1. The Kier molecular flexibility index (Phi) is 5.36. The number of rotatable bonds is 5. The van der Waals surface area contributed by atoms with Crippen molar-refractivity contribution in [3.05, 3.63) is 30.1 Å². The predicted octanol–water partition coefficient (Wildman–Crippen LogP) is 2.25. The third kappa shape index (κ3) is 4.05. The van der Waals surface area contributed by atoms with E-state index in [1.54, 1.807) is 7.11 Å². The summed E-state index contributed by atoms with van der Waals surface area (Å²) in [4.78, 5) is 14.1. The minimum Gasteiger partial charge on any atom is -0.484 e. The summed E-state index contributed by atoms with van der Waals surface area (Å²) in [7, 11) is 1.69. The molecule has 6 heteroatoms. The number of carbonyl (C=O) groups is 1. The molecule has 132 valence electrons. The summed E-state index contributed by atoms with van der Waals surface area (Å²) in [5, 5.41) is 0. The minimum absolute atomic E-state index is 0.0125. The molecule has 1 aromatic carbocycles. The number of hydrogen-bond acceptors (Lipinski definition) is 4. The molecule has 0 N–H and O–H groups in total. The zero-order chi connectivity index (χ0) is 17.0. The Morgan fingerprint density at radius 1 is 1.33 bits per heavy atom. The van der Waals surface area contributed by atoms with E-state index in [0.29, 0.717) is 12.4 Å². The summed E-state index contributed by atoms with van der Waals surface area (Å²) >= 11 is 0. The number of hydrogen-bond donors (Lipinski definition) is 0. The second kappa shape index (κ2) is 7.49. The Hall–Kier alpha value is -1.66. The maximum Gasteiger partial charge on any atom is 0.260 e. The molecule has 2 fully saturated rings. The summed E-state index contributed by atoms with van der Waals surface area (Å²) in [6, 6.07) is 5.70. The van der Waals surface area contributed by atoms with Crippen LogP contribution in [-0.4, -0.2) is 56.9 Å². The molecule has 0 aromatic heterocycles. The maximum atomic E-state index is 12.8. The van der Waals surface area contributed by atoms with Crippen LogP contribution in [0, 0.1) is 11.2 Å². The Morgan fingerprint density at radius 2 is 2.04 bits per heavy atom. The van der Waals surface area contributed by atoms with E-state index in [-0.39, 0.29) is 29.9 Å². The fourth-order valence-electron chi connectivity index (χ4n) is 3.53. The molecular weight excluding hydrogens is 313 g/mol. The number of piperidine rings is 1. The highest BCUT2D eigenvalue weighted by Gasteiger charge is 2.42. The fourth-order valence-corrected chi connectivity index (χ4v) is 3.53. The van der Waals surface area contributed by atoms with Gasteiger partial charge in [-0.25, -0.2) is 4.39 Å². The third-order valence-corrected chi connectivity index (χ3v) is 4.99. The van der Waals surface area contributed by atoms with Crippen molar-refractivity contribution in [2.24, 2.45) is 5.41 Å². The molecule has 0 radical (unpaired) electrons. The van der Waals surface area contributed by atoms with Crippen LogP contribution in [0.5, 0.6) is 5.75 Å². The summed E-state index contributed by atoms with van der Waals surface area (Å²) in [5.41, 5.74) is 0.192. The van der Waals surface area contributed by atoms with Gasteiger partial charge in [0, 0.05) is 20.2 Å². The number of ether oxygens (including phenoxy) is 3. The van der Waals surface area contributed by atoms with Crippen LogP contribution < -0.4 is 4.74 Å². The molecule has 0 unspecified atom stereocenters. The lowest BCUT2D eigenvalue weighted by atomic mass is 9.76. The number of methoxy groups -OCH3 is 1. The van der Waals surface area contributed by atoms with Crippen LogP contribution in [0.4, 0.5) is 4.39 Å². The van der Waals surface area contributed by atoms with Crippen LogP contribution in [0.15, 0.2) is 24.3 Å². The first-order valence-electron chi connectivity index (χ1n) is 8.37. The molecule has 2 saturated heterocycles. The first-order chi connectivity index (χ1) is 11.6. The molecule has 1 aromatic rings. The molecule has 1 spiro atoms. The molecule has 0 saturated carbocycles. The van der Waals surface area contributed by atoms with Crippen LogP contribution in [0.3, 0.4) is 0 Å². The maximum absolute atomic E-state index is 12.8. The topological polar surface area (TPSA) is 48.0 Å². The Morgan fingerprint density at radius 3 is 2.71 bits per heavy atom. The quantitative estimate of drug-likeness (QED) is 0.827. The molecule has 2 aliphatic rings. The minimum atomic E-state index is -0.319. The fraction of sp³-hybridized carbons (Fsp3) is 0.611. The zero-order valence-electron chi connectivity index (χ0n) is 14.0. The van der Waals surface area contributed by atoms with Gasteiger partial charge in [-0.05, 0) is 48.9 Å². The Balaban J connectivity index is 1.44. The number of benzene rings is 1. The third-order valence-electron chi connectivity index (χ3n) is 4.99. The Labute approximate surface area is 141 Å². The van der Waals surface area contributed by atoms with Crippen LogP contribution in [0.2, 0.25) is 0 Å². The standard InChI is InChI=1S/C18H24FNO4/c1-22-11-16-10-18(13-24-16)6-8-20(9-7-18)17(21)12-23-15-4-2-14(19)3-5-15/h2-5,16H,6-13H2,1H3/t16-/m0/s1. The van der Waals surface area contributed by atoms with Crippen molar-refractivity contribution >= 4 is 5.91 Å². The van der Waals surface area contributed by atoms with Crippen LogP contribution in [0.25, 0.3) is 0 Å². The van der Waals surface area contributed by atoms with Crippen molar-refractivity contribution in [3.8, 4) is 5.75 Å². The summed E-state index contributed by atoms with van der Waals surface area (Å²) in [6.45, 7) is 2.84. The van der Waals surface area contributed by atoms with Gasteiger partial charge >= 0.3 is 0 Å². The van der Waals surface area contributed by atoms with Crippen LogP contribution >= 0.6 is 0 Å². The van der Waals surface area contributed by atoms with Gasteiger partial charge in [-0.3, -0.25) is 4.79 Å². The van der Waals surface area contributed by atoms with Crippen molar-refractivity contribution in [1.82, 2.24) is 4.90 Å². The van der Waals surface area contributed by atoms with E-state index in [1.807, 2.05) is 4.90 Å². The number of likely N-dealkylation sites (tertiary alicyclic amines) is 1. The molecular formula is C18H24FNO4. The second-order valence-electron chi connectivity index (χ2n) is 6.72. The highest BCUT2D eigenvalue weighted by atomic mass is 19.1. The average Bonchev–Trinajstić information content (AvgIpc) is 2.97. The van der Waals surface area contributed by atoms with Gasteiger partial charge in [0.15, 0.2) is 6.61 Å². The SMILES string of the molecule is COC[C@@H]1CC2(CCN(C(=O)COc3ccc(F)cc3)CC2)CO1. The lowest BCUT2D eigenvalue weighted by molar-refractivity contribution is -0.135. The van der Waals surface area contributed by atoms with E-state index in [4.69, 9.17) is 14.2 Å². The largest absolute Gasteiger partial charge is 0.484 e. The molecule has 1 amide bonds. The van der Waals surface area contributed by atoms with Gasteiger partial charge in [-0.1, -0.05) is 0 Å². The normalized spacial score (nSPS) is 22.8. The first kappa shape index (κ1) is 17.2. The van der Waals surface area contributed by atoms with E-state index >= 15 is 0 Å². The van der Waals surface area contributed by atoms with Gasteiger partial charge in [0.25, 0.3) is 5.91 Å². The highest BCUT2D eigenvalue weighted by Crippen LogP contribution is 2.41. The van der Waals surface area contributed by atoms with Gasteiger partial charge in [0.05, 0.1) is 19.3 Å². The molecule has 2 heterocycles. The molecule has 1 atom stereocenters. The van der Waals surface area contributed by atoms with Gasteiger partial charge in [-0.2, -0.15) is 0 Å². The molecule has 24 heavy (non-hydrogen) atoms. The highest BCUT2D eigenvalue weighted by molar-refractivity contribution is 5.77. The van der Waals surface area contributed by atoms with Crippen molar-refractivity contribution in [2.45, 2.75) is 25.4 Å². The van der Waals surface area contributed by atoms with Crippen LogP contribution in [-0.2, 0) is 14.3 Å². The van der Waals surface area contributed by atoms with Crippen molar-refractivity contribution < 1.29 is 23.4 Å². The summed E-state index contributed by atoms with van der Waals surface area (Å²) in [6.07, 6.45) is 3.10. The lowest BCUT2D eigenvalue weighted by Gasteiger charge is -2.38. The first-order valence-corrected chi connectivity index (χ1v) is 8.37. The van der Waals surface area contributed by atoms with Gasteiger partial charge < -0.3 is 19.1 Å². The van der Waals surface area contributed by atoms with Crippen molar-refractivity contribution in [3.63, 3.8) is 0 Å². The number of carbonyl (C=O) groups excluding carboxylic acids is 1.